The van der Waals surface area contributed by atoms with Crippen LogP contribution in [0.5, 0.6) is 0 Å². The molecule has 1 nitrogen and oxygen atoms in total. The standard InChI is InChI=1S/C15H22BrNS/c1-3-18-10-11(2)17-15-8-13(9-15)12-5-4-6-14(16)7-12/h4-7,11,13,15,17H,3,8-10H2,1-2H3. The van der Waals surface area contributed by atoms with E-state index in [0.29, 0.717) is 6.04 Å². The Labute approximate surface area is 123 Å². The maximum absolute atomic E-state index is 3.73. The topological polar surface area (TPSA) is 12.0 Å². The Morgan fingerprint density at radius 3 is 2.89 bits per heavy atom. The number of hydrogen-bond donors (Lipinski definition) is 1. The third-order valence-corrected chi connectivity index (χ3v) is 5.19. The van der Waals surface area contributed by atoms with Gasteiger partial charge in [0.25, 0.3) is 0 Å². The van der Waals surface area contributed by atoms with E-state index in [9.17, 15) is 0 Å². The molecule has 1 aromatic rings. The van der Waals surface area contributed by atoms with Crippen LogP contribution in [0.15, 0.2) is 28.7 Å². The van der Waals surface area contributed by atoms with E-state index in [1.807, 2.05) is 11.8 Å². The van der Waals surface area contributed by atoms with Gasteiger partial charge in [-0.25, -0.2) is 0 Å². The Morgan fingerprint density at radius 1 is 1.44 bits per heavy atom. The predicted molar refractivity (Wildman–Crippen MR) is 85.5 cm³/mol. The Hall–Kier alpha value is 0.01000. The molecule has 1 N–H and O–H groups in total. The third-order valence-electron chi connectivity index (χ3n) is 3.55. The van der Waals surface area contributed by atoms with Gasteiger partial charge in [0.15, 0.2) is 0 Å². The highest BCUT2D eigenvalue weighted by Crippen LogP contribution is 2.37. The predicted octanol–water partition coefficient (Wildman–Crippen LogP) is 4.43. The fraction of sp³-hybridized carbons (Fsp3) is 0.600. The maximum atomic E-state index is 3.73. The van der Waals surface area contributed by atoms with Gasteiger partial charge in [0.05, 0.1) is 0 Å². The van der Waals surface area contributed by atoms with Gasteiger partial charge in [0, 0.05) is 22.3 Å². The number of nitrogens with one attached hydrogen (secondary N) is 1. The number of rotatable bonds is 6. The van der Waals surface area contributed by atoms with Crippen LogP contribution in [0.3, 0.4) is 0 Å². The first kappa shape index (κ1) is 14.4. The van der Waals surface area contributed by atoms with E-state index >= 15 is 0 Å². The molecule has 1 saturated carbocycles. The van der Waals surface area contributed by atoms with Crippen molar-refractivity contribution < 1.29 is 0 Å². The lowest BCUT2D eigenvalue weighted by Gasteiger charge is -2.38. The van der Waals surface area contributed by atoms with Crippen molar-refractivity contribution >= 4 is 27.7 Å². The zero-order valence-corrected chi connectivity index (χ0v) is 13.6. The van der Waals surface area contributed by atoms with Crippen molar-refractivity contribution in [3.8, 4) is 0 Å². The van der Waals surface area contributed by atoms with E-state index in [-0.39, 0.29) is 0 Å². The molecule has 0 aliphatic heterocycles. The number of benzene rings is 1. The molecule has 1 unspecified atom stereocenters. The van der Waals surface area contributed by atoms with Crippen LogP contribution in [0, 0.1) is 0 Å². The molecule has 0 heterocycles. The van der Waals surface area contributed by atoms with Crippen LogP contribution in [0.2, 0.25) is 0 Å². The van der Waals surface area contributed by atoms with E-state index in [1.165, 1.54) is 34.4 Å². The summed E-state index contributed by atoms with van der Waals surface area (Å²) < 4.78 is 1.20. The highest BCUT2D eigenvalue weighted by atomic mass is 79.9. The van der Waals surface area contributed by atoms with Gasteiger partial charge >= 0.3 is 0 Å². The van der Waals surface area contributed by atoms with Crippen LogP contribution in [0.25, 0.3) is 0 Å². The fourth-order valence-corrected chi connectivity index (χ4v) is 3.63. The monoisotopic (exact) mass is 327 g/mol. The van der Waals surface area contributed by atoms with Crippen LogP contribution in [0.4, 0.5) is 0 Å². The lowest BCUT2D eigenvalue weighted by atomic mass is 9.75. The lowest BCUT2D eigenvalue weighted by Crippen LogP contribution is -2.45. The van der Waals surface area contributed by atoms with Gasteiger partial charge in [-0.1, -0.05) is 35.0 Å². The molecule has 100 valence electrons. The molecular weight excluding hydrogens is 306 g/mol. The first-order chi connectivity index (χ1) is 8.69. The van der Waals surface area contributed by atoms with Gasteiger partial charge in [-0.15, -0.1) is 0 Å². The highest BCUT2D eigenvalue weighted by Gasteiger charge is 2.30. The summed E-state index contributed by atoms with van der Waals surface area (Å²) >= 11 is 5.57. The Morgan fingerprint density at radius 2 is 2.22 bits per heavy atom. The molecule has 3 heteroatoms. The second-order valence-electron chi connectivity index (χ2n) is 5.15. The molecule has 18 heavy (non-hydrogen) atoms. The molecule has 0 aromatic heterocycles. The molecule has 0 amide bonds. The van der Waals surface area contributed by atoms with Crippen LogP contribution < -0.4 is 5.32 Å². The fourth-order valence-electron chi connectivity index (χ4n) is 2.53. The number of halogens is 1. The SMILES string of the molecule is CCSCC(C)NC1CC(c2cccc(Br)c2)C1. The van der Waals surface area contributed by atoms with Gasteiger partial charge in [-0.2, -0.15) is 11.8 Å². The molecule has 0 bridgehead atoms. The van der Waals surface area contributed by atoms with Crippen molar-refractivity contribution in [2.75, 3.05) is 11.5 Å². The van der Waals surface area contributed by atoms with Crippen LogP contribution in [-0.4, -0.2) is 23.6 Å². The summed E-state index contributed by atoms with van der Waals surface area (Å²) in [6.07, 6.45) is 2.58. The van der Waals surface area contributed by atoms with E-state index < -0.39 is 0 Å². The second kappa shape index (κ2) is 6.97. The van der Waals surface area contributed by atoms with Crippen molar-refractivity contribution in [1.29, 1.82) is 0 Å². The summed E-state index contributed by atoms with van der Waals surface area (Å²) in [4.78, 5) is 0. The first-order valence-corrected chi connectivity index (χ1v) is 8.73. The van der Waals surface area contributed by atoms with Gasteiger partial charge in [0.1, 0.15) is 0 Å². The quantitative estimate of drug-likeness (QED) is 0.829. The Bertz CT molecular complexity index is 377. The number of hydrogen-bond acceptors (Lipinski definition) is 2. The molecule has 2 rings (SSSR count). The second-order valence-corrected chi connectivity index (χ2v) is 7.38. The van der Waals surface area contributed by atoms with E-state index in [0.717, 1.165) is 12.0 Å². The maximum Gasteiger partial charge on any atom is 0.0178 e. The van der Waals surface area contributed by atoms with Gasteiger partial charge in [0.2, 0.25) is 0 Å². The minimum absolute atomic E-state index is 0.642. The molecular formula is C15H22BrNS. The van der Waals surface area contributed by atoms with Gasteiger partial charge in [-0.3, -0.25) is 0 Å². The summed E-state index contributed by atoms with van der Waals surface area (Å²) in [5.74, 6) is 3.21. The van der Waals surface area contributed by atoms with Gasteiger partial charge in [-0.05, 0) is 49.1 Å². The van der Waals surface area contributed by atoms with Crippen molar-refractivity contribution in [1.82, 2.24) is 5.32 Å². The minimum Gasteiger partial charge on any atom is -0.311 e. The zero-order chi connectivity index (χ0) is 13.0. The summed E-state index contributed by atoms with van der Waals surface area (Å²) in [5.41, 5.74) is 1.48. The third kappa shape index (κ3) is 4.01. The van der Waals surface area contributed by atoms with Crippen LogP contribution in [0.1, 0.15) is 38.2 Å². The minimum atomic E-state index is 0.642. The largest absolute Gasteiger partial charge is 0.311 e. The van der Waals surface area contributed by atoms with Gasteiger partial charge < -0.3 is 5.32 Å². The molecule has 0 spiro atoms. The number of thioether (sulfide) groups is 1. The van der Waals surface area contributed by atoms with Crippen molar-refractivity contribution in [3.05, 3.63) is 34.3 Å². The van der Waals surface area contributed by atoms with E-state index in [2.05, 4.69) is 59.4 Å². The molecule has 0 radical (unpaired) electrons. The smallest absolute Gasteiger partial charge is 0.0178 e. The average molecular weight is 328 g/mol. The molecule has 1 aliphatic carbocycles. The van der Waals surface area contributed by atoms with Crippen molar-refractivity contribution in [3.63, 3.8) is 0 Å². The molecule has 1 atom stereocenters. The zero-order valence-electron chi connectivity index (χ0n) is 11.2. The normalized spacial score (nSPS) is 24.6. The first-order valence-electron chi connectivity index (χ1n) is 6.78. The molecule has 1 aromatic carbocycles. The Balaban J connectivity index is 1.73. The lowest BCUT2D eigenvalue weighted by molar-refractivity contribution is 0.276. The van der Waals surface area contributed by atoms with E-state index in [1.54, 1.807) is 0 Å². The molecule has 1 fully saturated rings. The highest BCUT2D eigenvalue weighted by molar-refractivity contribution is 9.10. The summed E-state index contributed by atoms with van der Waals surface area (Å²) in [7, 11) is 0. The average Bonchev–Trinajstić information content (AvgIpc) is 2.30. The van der Waals surface area contributed by atoms with Crippen LogP contribution in [-0.2, 0) is 0 Å². The summed E-state index contributed by atoms with van der Waals surface area (Å²) in [6, 6.07) is 10.1. The summed E-state index contributed by atoms with van der Waals surface area (Å²) in [5, 5.41) is 3.73. The Kier molecular flexibility index (Phi) is 5.58. The van der Waals surface area contributed by atoms with E-state index in [4.69, 9.17) is 0 Å². The van der Waals surface area contributed by atoms with Crippen molar-refractivity contribution in [2.45, 2.75) is 44.7 Å². The van der Waals surface area contributed by atoms with Crippen molar-refractivity contribution in [2.24, 2.45) is 0 Å². The molecule has 1 aliphatic rings. The molecule has 0 saturated heterocycles. The van der Waals surface area contributed by atoms with Crippen LogP contribution >= 0.6 is 27.7 Å². The summed E-state index contributed by atoms with van der Waals surface area (Å²) in [6.45, 7) is 4.53.